The molecule has 52 heavy (non-hydrogen) atoms. The Balaban J connectivity index is 2.81. The van der Waals surface area contributed by atoms with Crippen LogP contribution < -0.4 is 16.0 Å². The number of amides is 1. The van der Waals surface area contributed by atoms with Crippen molar-refractivity contribution in [2.45, 2.75) is 37.9 Å². The van der Waals surface area contributed by atoms with E-state index in [0.29, 0.717) is 118 Å². The first-order valence-electron chi connectivity index (χ1n) is 17.6. The molecular weight excluding hydrogens is 690 g/mol. The third kappa shape index (κ3) is 23.8. The second-order valence-electron chi connectivity index (χ2n) is 11.2. The number of aromatic nitrogens is 2. The van der Waals surface area contributed by atoms with Gasteiger partial charge in [0.15, 0.2) is 28.8 Å². The molecule has 1 aromatic heterocycles. The molecule has 0 fully saturated rings. The summed E-state index contributed by atoms with van der Waals surface area (Å²) in [6.07, 6.45) is -1.36. The van der Waals surface area contributed by atoms with Crippen molar-refractivity contribution in [1.82, 2.24) is 15.3 Å². The number of nitrogens with zero attached hydrogens (tertiary/aromatic N) is 2. The first-order chi connectivity index (χ1) is 25.4. The molecule has 1 aromatic rings. The van der Waals surface area contributed by atoms with Crippen molar-refractivity contribution >= 4 is 23.3 Å². The third-order valence-electron chi connectivity index (χ3n) is 6.87. The molecule has 0 spiro atoms. The van der Waals surface area contributed by atoms with E-state index in [0.717, 1.165) is 0 Å². The van der Waals surface area contributed by atoms with Crippen LogP contribution in [0.1, 0.15) is 46.7 Å². The standard InChI is InChI=1S/C33H61N5O14/c1-45-11-13-49-19-21-51-17-15-47-9-3-7-34-31-29(28(43)6-5-26(41)24-39)37-32(30(38-31)33(44)36-23-27(42)25-40)35-8-4-10-48-16-18-52-22-20-50-14-12-46-2/h26-27,39-42H,3-25H2,1-2H3,(H,34,38)(H,35,37)(H,36,44). The van der Waals surface area contributed by atoms with E-state index in [1.807, 2.05) is 0 Å². The van der Waals surface area contributed by atoms with Gasteiger partial charge in [-0.3, -0.25) is 9.59 Å². The summed E-state index contributed by atoms with van der Waals surface area (Å²) in [6, 6.07) is 0. The fourth-order valence-electron chi connectivity index (χ4n) is 4.03. The molecule has 19 heteroatoms. The van der Waals surface area contributed by atoms with Crippen LogP contribution in [0.25, 0.3) is 0 Å². The molecule has 0 aliphatic rings. The molecule has 0 saturated carbocycles. The summed E-state index contributed by atoms with van der Waals surface area (Å²) in [5.41, 5.74) is -0.192. The molecule has 1 rings (SSSR count). The Bertz CT molecular complexity index is 965. The number of ketones is 1. The summed E-state index contributed by atoms with van der Waals surface area (Å²) < 4.78 is 42.6. The molecule has 0 radical (unpaired) electrons. The number of carbonyl (C=O) groups is 2. The predicted molar refractivity (Wildman–Crippen MR) is 189 cm³/mol. The van der Waals surface area contributed by atoms with Crippen LogP contribution in [0.5, 0.6) is 0 Å². The van der Waals surface area contributed by atoms with Crippen LogP contribution in [0.2, 0.25) is 0 Å². The minimum absolute atomic E-state index is 0.00239. The van der Waals surface area contributed by atoms with Crippen LogP contribution in [0.4, 0.5) is 11.6 Å². The van der Waals surface area contributed by atoms with E-state index in [-0.39, 0.29) is 42.4 Å². The van der Waals surface area contributed by atoms with E-state index in [1.165, 1.54) is 0 Å². The third-order valence-corrected chi connectivity index (χ3v) is 6.87. The molecule has 2 unspecified atom stereocenters. The van der Waals surface area contributed by atoms with Gasteiger partial charge in [-0.15, -0.1) is 0 Å². The van der Waals surface area contributed by atoms with Crippen molar-refractivity contribution in [2.24, 2.45) is 0 Å². The highest BCUT2D eigenvalue weighted by molar-refractivity contribution is 6.02. The van der Waals surface area contributed by atoms with Crippen molar-refractivity contribution in [1.29, 1.82) is 0 Å². The lowest BCUT2D eigenvalue weighted by Gasteiger charge is -2.17. The Kier molecular flexibility index (Phi) is 30.0. The molecule has 302 valence electrons. The first kappa shape index (κ1) is 47.4. The normalized spacial score (nSPS) is 12.5. The lowest BCUT2D eigenvalue weighted by atomic mass is 10.1. The number of Topliss-reactive ketones (excluding diaryl/α,β-unsaturated/α-hetero) is 1. The minimum atomic E-state index is -1.19. The maximum Gasteiger partial charge on any atom is 0.273 e. The van der Waals surface area contributed by atoms with E-state index >= 15 is 0 Å². The molecule has 2 atom stereocenters. The molecule has 1 heterocycles. The Labute approximate surface area is 306 Å². The number of rotatable bonds is 37. The van der Waals surface area contributed by atoms with E-state index in [1.54, 1.807) is 14.2 Å². The zero-order valence-electron chi connectivity index (χ0n) is 30.7. The number of carbonyl (C=O) groups excluding carboxylic acids is 2. The van der Waals surface area contributed by atoms with Gasteiger partial charge < -0.3 is 74.3 Å². The second-order valence-corrected chi connectivity index (χ2v) is 11.2. The molecule has 0 saturated heterocycles. The number of methoxy groups -OCH3 is 2. The van der Waals surface area contributed by atoms with Crippen molar-refractivity contribution in [3.63, 3.8) is 0 Å². The number of hydrogen-bond acceptors (Lipinski definition) is 18. The minimum Gasteiger partial charge on any atom is -0.394 e. The first-order valence-corrected chi connectivity index (χ1v) is 17.6. The Hall–Kier alpha value is -2.66. The van der Waals surface area contributed by atoms with Crippen molar-refractivity contribution in [3.05, 3.63) is 11.4 Å². The van der Waals surface area contributed by atoms with E-state index in [2.05, 4.69) is 25.9 Å². The van der Waals surface area contributed by atoms with Crippen molar-refractivity contribution in [3.8, 4) is 0 Å². The lowest BCUT2D eigenvalue weighted by molar-refractivity contribution is 0.00367. The second kappa shape index (κ2) is 32.9. The number of aliphatic hydroxyl groups excluding tert-OH is 4. The van der Waals surface area contributed by atoms with Crippen molar-refractivity contribution in [2.75, 3.05) is 150 Å². The average molecular weight is 752 g/mol. The molecule has 19 nitrogen and oxygen atoms in total. The van der Waals surface area contributed by atoms with Gasteiger partial charge in [0.1, 0.15) is 0 Å². The number of ether oxygens (including phenoxy) is 8. The lowest BCUT2D eigenvalue weighted by Crippen LogP contribution is -2.35. The maximum absolute atomic E-state index is 13.3. The van der Waals surface area contributed by atoms with Crippen LogP contribution in [-0.4, -0.2) is 194 Å². The zero-order valence-corrected chi connectivity index (χ0v) is 30.7. The number of anilines is 2. The molecule has 0 aliphatic carbocycles. The molecule has 1 amide bonds. The smallest absolute Gasteiger partial charge is 0.273 e. The Morgan fingerprint density at radius 2 is 1.00 bits per heavy atom. The fraction of sp³-hybridized carbons (Fsp3) is 0.818. The number of nitrogens with one attached hydrogen (secondary N) is 3. The van der Waals surface area contributed by atoms with Crippen LogP contribution >= 0.6 is 0 Å². The molecule has 0 bridgehead atoms. The maximum atomic E-state index is 13.3. The van der Waals surface area contributed by atoms with E-state index < -0.39 is 37.1 Å². The molecular formula is C33H61N5O14. The number of hydrogen-bond donors (Lipinski definition) is 7. The summed E-state index contributed by atoms with van der Waals surface area (Å²) in [5.74, 6) is -1.07. The van der Waals surface area contributed by atoms with Gasteiger partial charge >= 0.3 is 0 Å². The molecule has 7 N–H and O–H groups in total. The Morgan fingerprint density at radius 1 is 0.596 bits per heavy atom. The van der Waals surface area contributed by atoms with Crippen LogP contribution in [-0.2, 0) is 37.9 Å². The van der Waals surface area contributed by atoms with Gasteiger partial charge in [-0.1, -0.05) is 0 Å². The van der Waals surface area contributed by atoms with Crippen LogP contribution in [0.15, 0.2) is 0 Å². The fourth-order valence-corrected chi connectivity index (χ4v) is 4.03. The summed E-state index contributed by atoms with van der Waals surface area (Å²) in [5, 5.41) is 46.6. The zero-order chi connectivity index (χ0) is 38.1. The van der Waals surface area contributed by atoms with E-state index in [9.17, 15) is 30.0 Å². The summed E-state index contributed by atoms with van der Waals surface area (Å²) in [7, 11) is 3.21. The largest absolute Gasteiger partial charge is 0.394 e. The van der Waals surface area contributed by atoms with Gasteiger partial charge in [0.2, 0.25) is 0 Å². The SMILES string of the molecule is COCCOCCOCCOCCCNc1nc(C(=O)NCC(O)CO)c(NCCCOCCOCCOCCOC)nc1C(=O)CCC(O)CO. The summed E-state index contributed by atoms with van der Waals surface area (Å²) in [6.45, 7) is 5.50. The van der Waals surface area contributed by atoms with Crippen LogP contribution in [0, 0.1) is 0 Å². The van der Waals surface area contributed by atoms with Crippen LogP contribution in [0.3, 0.4) is 0 Å². The molecule has 0 aromatic carbocycles. The predicted octanol–water partition coefficient (Wildman–Crippen LogP) is -1.13. The quantitative estimate of drug-likeness (QED) is 0.0314. The van der Waals surface area contributed by atoms with Gasteiger partial charge in [-0.25, -0.2) is 9.97 Å². The monoisotopic (exact) mass is 751 g/mol. The highest BCUT2D eigenvalue weighted by Crippen LogP contribution is 2.21. The van der Waals surface area contributed by atoms with E-state index in [4.69, 9.17) is 37.9 Å². The summed E-state index contributed by atoms with van der Waals surface area (Å²) in [4.78, 5) is 35.4. The van der Waals surface area contributed by atoms with Gasteiger partial charge in [0.25, 0.3) is 5.91 Å². The van der Waals surface area contributed by atoms with Gasteiger partial charge in [0.05, 0.1) is 105 Å². The highest BCUT2D eigenvalue weighted by atomic mass is 16.6. The summed E-state index contributed by atoms with van der Waals surface area (Å²) >= 11 is 0. The number of aliphatic hydroxyl groups is 4. The Morgan fingerprint density at radius 3 is 1.44 bits per heavy atom. The molecule has 0 aliphatic heterocycles. The van der Waals surface area contributed by atoms with Crippen molar-refractivity contribution < 1.29 is 67.9 Å². The highest BCUT2D eigenvalue weighted by Gasteiger charge is 2.24. The van der Waals surface area contributed by atoms with Gasteiger partial charge in [-0.2, -0.15) is 0 Å². The topological polar surface area (TPSA) is 251 Å². The van der Waals surface area contributed by atoms with Gasteiger partial charge in [-0.05, 0) is 19.3 Å². The average Bonchev–Trinajstić information content (AvgIpc) is 3.16. The van der Waals surface area contributed by atoms with Gasteiger partial charge in [0, 0.05) is 53.5 Å².